The summed E-state index contributed by atoms with van der Waals surface area (Å²) in [6.45, 7) is 1.29. The zero-order valence-corrected chi connectivity index (χ0v) is 16.7. The zero-order chi connectivity index (χ0) is 20.3. The molecule has 2 aromatic rings. The van der Waals surface area contributed by atoms with E-state index in [4.69, 9.17) is 11.6 Å². The maximum absolute atomic E-state index is 12.8. The molecule has 28 heavy (non-hydrogen) atoms. The number of quaternary nitrogens is 1. The van der Waals surface area contributed by atoms with E-state index in [1.807, 2.05) is 26.2 Å². The van der Waals surface area contributed by atoms with Crippen LogP contribution in [0.4, 0.5) is 0 Å². The molecular weight excluding hydrogens is 376 g/mol. The van der Waals surface area contributed by atoms with E-state index >= 15 is 0 Å². The van der Waals surface area contributed by atoms with Crippen molar-refractivity contribution in [2.75, 3.05) is 27.2 Å². The first-order chi connectivity index (χ1) is 13.4. The molecule has 0 unspecified atom stereocenters. The van der Waals surface area contributed by atoms with Crippen molar-refractivity contribution in [2.45, 2.75) is 12.5 Å². The number of aliphatic hydroxyl groups is 1. The van der Waals surface area contributed by atoms with Gasteiger partial charge in [0.15, 0.2) is 0 Å². The molecule has 6 heteroatoms. The fraction of sp³-hybridized carbons (Fsp3) is 0.273. The van der Waals surface area contributed by atoms with E-state index in [1.165, 1.54) is 4.90 Å². The molecular formula is C22H24ClN2O3+. The number of nitrogens with zero attached hydrogens (tertiary/aromatic N) is 1. The highest BCUT2D eigenvalue weighted by Gasteiger charge is 2.45. The molecule has 1 heterocycles. The number of ketones is 1. The maximum atomic E-state index is 12.8. The molecule has 1 atom stereocenters. The van der Waals surface area contributed by atoms with Crippen molar-refractivity contribution in [1.29, 1.82) is 0 Å². The number of benzene rings is 2. The summed E-state index contributed by atoms with van der Waals surface area (Å²) in [5.74, 6) is -1.41. The van der Waals surface area contributed by atoms with Crippen molar-refractivity contribution in [1.82, 2.24) is 4.90 Å². The lowest BCUT2D eigenvalue weighted by molar-refractivity contribution is -0.858. The van der Waals surface area contributed by atoms with Crippen LogP contribution in [0, 0.1) is 0 Å². The van der Waals surface area contributed by atoms with Gasteiger partial charge in [0, 0.05) is 23.6 Å². The van der Waals surface area contributed by atoms with Crippen LogP contribution in [0.25, 0.3) is 5.76 Å². The number of nitrogens with one attached hydrogen (secondary N) is 1. The van der Waals surface area contributed by atoms with Crippen LogP contribution in [0.15, 0.2) is 60.2 Å². The summed E-state index contributed by atoms with van der Waals surface area (Å²) >= 11 is 6.16. The van der Waals surface area contributed by atoms with E-state index < -0.39 is 17.7 Å². The minimum Gasteiger partial charge on any atom is -0.507 e. The van der Waals surface area contributed by atoms with E-state index in [0.717, 1.165) is 13.0 Å². The molecule has 0 aliphatic carbocycles. The van der Waals surface area contributed by atoms with E-state index in [-0.39, 0.29) is 11.3 Å². The minimum absolute atomic E-state index is 0.107. The van der Waals surface area contributed by atoms with Crippen molar-refractivity contribution < 1.29 is 19.6 Å². The van der Waals surface area contributed by atoms with Crippen LogP contribution in [0.3, 0.4) is 0 Å². The molecule has 146 valence electrons. The summed E-state index contributed by atoms with van der Waals surface area (Å²) in [7, 11) is 4.08. The van der Waals surface area contributed by atoms with Gasteiger partial charge in [-0.25, -0.2) is 0 Å². The molecule has 1 aliphatic rings. The van der Waals surface area contributed by atoms with Gasteiger partial charge in [0.2, 0.25) is 0 Å². The lowest BCUT2D eigenvalue weighted by Gasteiger charge is -2.25. The molecule has 1 aliphatic heterocycles. The smallest absolute Gasteiger partial charge is 0.295 e. The topological polar surface area (TPSA) is 62.0 Å². The zero-order valence-electron chi connectivity index (χ0n) is 16.0. The summed E-state index contributed by atoms with van der Waals surface area (Å²) in [4.78, 5) is 28.4. The first-order valence-corrected chi connectivity index (χ1v) is 9.66. The molecule has 2 aromatic carbocycles. The number of hydrogen-bond donors (Lipinski definition) is 2. The first kappa shape index (κ1) is 20.1. The monoisotopic (exact) mass is 399 g/mol. The second kappa shape index (κ2) is 8.59. The van der Waals surface area contributed by atoms with Crippen molar-refractivity contribution in [3.63, 3.8) is 0 Å². The number of aliphatic hydroxyl groups excluding tert-OH is 1. The summed E-state index contributed by atoms with van der Waals surface area (Å²) in [5, 5.41) is 11.4. The van der Waals surface area contributed by atoms with E-state index in [9.17, 15) is 14.7 Å². The number of amides is 1. The largest absolute Gasteiger partial charge is 0.507 e. The van der Waals surface area contributed by atoms with E-state index in [1.54, 1.807) is 47.4 Å². The van der Waals surface area contributed by atoms with Crippen LogP contribution in [0.5, 0.6) is 0 Å². The van der Waals surface area contributed by atoms with Gasteiger partial charge in [-0.05, 0) is 17.7 Å². The third-order valence-electron chi connectivity index (χ3n) is 4.83. The van der Waals surface area contributed by atoms with Crippen LogP contribution in [-0.4, -0.2) is 48.9 Å². The second-order valence-electron chi connectivity index (χ2n) is 7.22. The molecule has 0 spiro atoms. The highest BCUT2D eigenvalue weighted by atomic mass is 35.5. The normalized spacial score (nSPS) is 18.9. The Morgan fingerprint density at radius 2 is 1.82 bits per heavy atom. The Kier molecular flexibility index (Phi) is 6.17. The highest BCUT2D eigenvalue weighted by Crippen LogP contribution is 2.39. The van der Waals surface area contributed by atoms with Gasteiger partial charge >= 0.3 is 0 Å². The molecule has 0 saturated carbocycles. The molecule has 0 aromatic heterocycles. The summed E-state index contributed by atoms with van der Waals surface area (Å²) in [6, 6.07) is 15.2. The minimum atomic E-state index is -0.663. The van der Waals surface area contributed by atoms with Gasteiger partial charge in [-0.1, -0.05) is 54.1 Å². The van der Waals surface area contributed by atoms with Crippen LogP contribution < -0.4 is 4.90 Å². The average Bonchev–Trinajstić information content (AvgIpc) is 2.93. The standard InChI is InChI=1S/C22H23ClN2O3/c1-24(2)12-7-13-25-19(16-10-6-11-17(23)14-16)18(21(27)22(25)28)20(26)15-8-4-3-5-9-15/h3-6,8-11,14,19,26H,7,12-13H2,1-2H3/p+1/t19-/m1/s1. The first-order valence-electron chi connectivity index (χ1n) is 9.28. The number of rotatable bonds is 6. The van der Waals surface area contributed by atoms with Gasteiger partial charge in [-0.15, -0.1) is 0 Å². The van der Waals surface area contributed by atoms with E-state index in [0.29, 0.717) is 22.7 Å². The Morgan fingerprint density at radius 3 is 2.46 bits per heavy atom. The van der Waals surface area contributed by atoms with Gasteiger partial charge in [-0.2, -0.15) is 0 Å². The lowest BCUT2D eigenvalue weighted by Crippen LogP contribution is -3.05. The van der Waals surface area contributed by atoms with Crippen molar-refractivity contribution in [3.8, 4) is 0 Å². The lowest BCUT2D eigenvalue weighted by atomic mass is 9.95. The van der Waals surface area contributed by atoms with E-state index in [2.05, 4.69) is 0 Å². The number of likely N-dealkylation sites (tertiary alicyclic amines) is 1. The molecule has 2 N–H and O–H groups in total. The quantitative estimate of drug-likeness (QED) is 0.445. The predicted octanol–water partition coefficient (Wildman–Crippen LogP) is 2.30. The Labute approximate surface area is 169 Å². The predicted molar refractivity (Wildman–Crippen MR) is 109 cm³/mol. The van der Waals surface area contributed by atoms with Gasteiger partial charge < -0.3 is 14.9 Å². The van der Waals surface area contributed by atoms with Crippen LogP contribution in [0.2, 0.25) is 5.02 Å². The second-order valence-corrected chi connectivity index (χ2v) is 7.66. The van der Waals surface area contributed by atoms with Crippen molar-refractivity contribution >= 4 is 29.1 Å². The van der Waals surface area contributed by atoms with Crippen LogP contribution in [-0.2, 0) is 9.59 Å². The fourth-order valence-corrected chi connectivity index (χ4v) is 3.69. The van der Waals surface area contributed by atoms with Crippen molar-refractivity contribution in [3.05, 3.63) is 76.3 Å². The number of carbonyl (C=O) groups excluding carboxylic acids is 2. The molecule has 0 radical (unpaired) electrons. The van der Waals surface area contributed by atoms with Crippen molar-refractivity contribution in [2.24, 2.45) is 0 Å². The maximum Gasteiger partial charge on any atom is 0.295 e. The Bertz CT molecular complexity index is 909. The molecule has 3 rings (SSSR count). The number of Topliss-reactive ketones (excluding diaryl/α,β-unsaturated/α-hetero) is 1. The SMILES string of the molecule is C[NH+](C)CCCN1C(=O)C(=O)C(=C(O)c2ccccc2)[C@H]1c1cccc(Cl)c1. The fourth-order valence-electron chi connectivity index (χ4n) is 3.49. The summed E-state index contributed by atoms with van der Waals surface area (Å²) in [6.07, 6.45) is 0.748. The summed E-state index contributed by atoms with van der Waals surface area (Å²) < 4.78 is 0. The Hall–Kier alpha value is -2.63. The summed E-state index contributed by atoms with van der Waals surface area (Å²) in [5.41, 5.74) is 1.32. The Balaban J connectivity index is 2.08. The van der Waals surface area contributed by atoms with Gasteiger partial charge in [0.1, 0.15) is 5.76 Å². The molecule has 1 fully saturated rings. The number of carbonyl (C=O) groups is 2. The third-order valence-corrected chi connectivity index (χ3v) is 5.06. The van der Waals surface area contributed by atoms with Crippen LogP contribution in [0.1, 0.15) is 23.6 Å². The molecule has 1 saturated heterocycles. The number of halogens is 1. The van der Waals surface area contributed by atoms with Gasteiger partial charge in [0.25, 0.3) is 11.7 Å². The van der Waals surface area contributed by atoms with Crippen LogP contribution >= 0.6 is 11.6 Å². The van der Waals surface area contributed by atoms with Gasteiger partial charge in [-0.3, -0.25) is 9.59 Å². The molecule has 0 bridgehead atoms. The third kappa shape index (κ3) is 4.11. The Morgan fingerprint density at radius 1 is 1.11 bits per heavy atom. The number of hydrogen-bond acceptors (Lipinski definition) is 3. The molecule has 5 nitrogen and oxygen atoms in total. The highest BCUT2D eigenvalue weighted by molar-refractivity contribution is 6.46. The van der Waals surface area contributed by atoms with Gasteiger partial charge in [0.05, 0.1) is 32.3 Å². The molecule has 1 amide bonds. The average molecular weight is 400 g/mol.